The van der Waals surface area contributed by atoms with Gasteiger partial charge in [-0.05, 0) is 81.8 Å². The molecule has 1 aromatic rings. The minimum Gasteiger partial charge on any atom is -0.493 e. The summed E-state index contributed by atoms with van der Waals surface area (Å²) in [6, 6.07) is 2.39. The van der Waals surface area contributed by atoms with Crippen LogP contribution in [0.4, 0.5) is 8.78 Å². The molecule has 3 unspecified atom stereocenters. The second-order valence-corrected chi connectivity index (χ2v) is 12.4. The Morgan fingerprint density at radius 3 is 2.45 bits per heavy atom. The highest BCUT2D eigenvalue weighted by Gasteiger charge is 2.41. The van der Waals surface area contributed by atoms with E-state index >= 15 is 0 Å². The Morgan fingerprint density at radius 1 is 1.16 bits per heavy atom. The highest BCUT2D eigenvalue weighted by molar-refractivity contribution is 5.96. The van der Waals surface area contributed by atoms with E-state index in [0.29, 0.717) is 42.3 Å². The van der Waals surface area contributed by atoms with E-state index in [4.69, 9.17) is 14.5 Å². The Balaban J connectivity index is 1.89. The number of nitrogens with zero attached hydrogens (tertiary/aromatic N) is 1. The average Bonchev–Trinajstić information content (AvgIpc) is 3.75. The van der Waals surface area contributed by atoms with E-state index in [1.807, 2.05) is 19.9 Å². The molecule has 1 aromatic carbocycles. The number of methoxy groups -OCH3 is 1. The van der Waals surface area contributed by atoms with Crippen LogP contribution in [0.2, 0.25) is 0 Å². The largest absolute Gasteiger partial charge is 0.493 e. The van der Waals surface area contributed by atoms with Gasteiger partial charge in [-0.1, -0.05) is 66.0 Å². The van der Waals surface area contributed by atoms with Gasteiger partial charge in [-0.3, -0.25) is 4.79 Å². The van der Waals surface area contributed by atoms with E-state index in [2.05, 4.69) is 46.1 Å². The standard InChI is InChI=1S/C38H55F2NO3/c1-9-12-13-17-27(6)37(42)25-33-34(39)23-31(24-35(33)40)44-21-20-30-22-32(30)29(15-10-2)19-14-18-28(7)38(43-8)41-36(16-11-3)26(4)5/h11,18,23-24,26,29-30,32H,6,9-10,12-15,17,19-22,25H2,1-5,7-8H3. The Morgan fingerprint density at radius 2 is 1.86 bits per heavy atom. The van der Waals surface area contributed by atoms with Gasteiger partial charge >= 0.3 is 0 Å². The van der Waals surface area contributed by atoms with Crippen LogP contribution < -0.4 is 4.74 Å². The van der Waals surface area contributed by atoms with Crippen LogP contribution in [-0.2, 0) is 16.0 Å². The minimum atomic E-state index is -0.745. The number of carbonyl (C=O) groups is 1. The number of Topliss-reactive ketones (excluding diaryl/α,β-unsaturated/α-hetero) is 1. The molecule has 0 bridgehead atoms. The van der Waals surface area contributed by atoms with Crippen molar-refractivity contribution in [1.29, 1.82) is 0 Å². The van der Waals surface area contributed by atoms with E-state index < -0.39 is 11.6 Å². The van der Waals surface area contributed by atoms with E-state index in [-0.39, 0.29) is 29.4 Å². The zero-order valence-electron chi connectivity index (χ0n) is 28.2. The van der Waals surface area contributed by atoms with Gasteiger partial charge in [0.2, 0.25) is 5.90 Å². The molecule has 1 fully saturated rings. The molecule has 0 aliphatic heterocycles. The summed E-state index contributed by atoms with van der Waals surface area (Å²) >= 11 is 0. The molecule has 0 spiro atoms. The Kier molecular flexibility index (Phi) is 16.4. The van der Waals surface area contributed by atoms with Crippen molar-refractivity contribution in [3.8, 4) is 5.75 Å². The van der Waals surface area contributed by atoms with Gasteiger partial charge in [0.1, 0.15) is 17.4 Å². The van der Waals surface area contributed by atoms with Crippen LogP contribution in [0.3, 0.4) is 0 Å². The fraction of sp³-hybridized carbons (Fsp3) is 0.605. The van der Waals surface area contributed by atoms with Gasteiger partial charge in [0.15, 0.2) is 5.78 Å². The van der Waals surface area contributed by atoms with Crippen molar-refractivity contribution in [1.82, 2.24) is 0 Å². The van der Waals surface area contributed by atoms with Crippen molar-refractivity contribution in [2.75, 3.05) is 13.7 Å². The summed E-state index contributed by atoms with van der Waals surface area (Å²) in [5.74, 6) is 1.11. The van der Waals surface area contributed by atoms with Crippen LogP contribution in [-0.4, -0.2) is 25.4 Å². The van der Waals surface area contributed by atoms with Gasteiger partial charge in [0.25, 0.3) is 0 Å². The second kappa shape index (κ2) is 19.4. The molecule has 3 atom stereocenters. The van der Waals surface area contributed by atoms with Crippen molar-refractivity contribution in [2.45, 2.75) is 112 Å². The lowest BCUT2D eigenvalue weighted by molar-refractivity contribution is -0.115. The minimum absolute atomic E-state index is 0.168. The molecular formula is C38H55F2NO3. The molecule has 6 heteroatoms. The van der Waals surface area contributed by atoms with Crippen molar-refractivity contribution >= 4 is 11.7 Å². The first-order valence-electron chi connectivity index (χ1n) is 16.6. The van der Waals surface area contributed by atoms with Crippen molar-refractivity contribution in [3.63, 3.8) is 0 Å². The predicted molar refractivity (Wildman–Crippen MR) is 178 cm³/mol. The van der Waals surface area contributed by atoms with Gasteiger partial charge < -0.3 is 9.47 Å². The maximum absolute atomic E-state index is 14.7. The Bertz CT molecular complexity index is 1200. The highest BCUT2D eigenvalue weighted by Crippen LogP contribution is 2.49. The molecule has 1 aliphatic rings. The molecule has 44 heavy (non-hydrogen) atoms. The topological polar surface area (TPSA) is 47.9 Å². The van der Waals surface area contributed by atoms with Gasteiger partial charge in [0.05, 0.1) is 19.4 Å². The molecule has 0 amide bonds. The number of aliphatic imine (C=N–C) groups is 1. The molecule has 0 aromatic heterocycles. The number of hydrogen-bond donors (Lipinski definition) is 0. The van der Waals surface area contributed by atoms with Crippen LogP contribution in [0.15, 0.2) is 58.4 Å². The number of allylic oxidation sites excluding steroid dienone is 3. The van der Waals surface area contributed by atoms with Gasteiger partial charge in [-0.2, -0.15) is 0 Å². The number of ketones is 1. The third kappa shape index (κ3) is 12.2. The van der Waals surface area contributed by atoms with Crippen LogP contribution in [0.5, 0.6) is 5.75 Å². The number of unbranched alkanes of at least 4 members (excludes halogenated alkanes) is 2. The van der Waals surface area contributed by atoms with Crippen molar-refractivity contribution < 1.29 is 23.0 Å². The molecule has 2 rings (SSSR count). The maximum atomic E-state index is 14.7. The molecule has 4 nitrogen and oxygen atoms in total. The smallest absolute Gasteiger partial charge is 0.216 e. The van der Waals surface area contributed by atoms with Gasteiger partial charge in [0, 0.05) is 35.6 Å². The normalized spacial score (nSPS) is 17.2. The van der Waals surface area contributed by atoms with E-state index in [9.17, 15) is 13.6 Å². The summed E-state index contributed by atoms with van der Waals surface area (Å²) in [7, 11) is 1.66. The number of carbonyl (C=O) groups excluding carboxylic acids is 1. The first kappa shape index (κ1) is 37.2. The number of ether oxygens (including phenoxy) is 2. The lowest BCUT2D eigenvalue weighted by Crippen LogP contribution is -2.10. The van der Waals surface area contributed by atoms with Crippen LogP contribution in [0.25, 0.3) is 0 Å². The molecule has 0 radical (unpaired) electrons. The van der Waals surface area contributed by atoms with E-state index in [0.717, 1.165) is 56.2 Å². The second-order valence-electron chi connectivity index (χ2n) is 12.4. The van der Waals surface area contributed by atoms with Crippen molar-refractivity contribution in [2.24, 2.45) is 28.7 Å². The predicted octanol–water partition coefficient (Wildman–Crippen LogP) is 10.5. The molecule has 0 heterocycles. The molecule has 1 saturated carbocycles. The summed E-state index contributed by atoms with van der Waals surface area (Å²) in [6.45, 7) is 16.7. The number of rotatable bonds is 20. The fourth-order valence-electron chi connectivity index (χ4n) is 5.78. The van der Waals surface area contributed by atoms with Crippen LogP contribution in [0, 0.1) is 35.3 Å². The first-order chi connectivity index (χ1) is 21.1. The van der Waals surface area contributed by atoms with Gasteiger partial charge in [-0.25, -0.2) is 13.8 Å². The third-order valence-electron chi connectivity index (χ3n) is 8.51. The molecule has 244 valence electrons. The van der Waals surface area contributed by atoms with Crippen LogP contribution in [0.1, 0.15) is 111 Å². The number of halogens is 2. The monoisotopic (exact) mass is 611 g/mol. The van der Waals surface area contributed by atoms with E-state index in [1.54, 1.807) is 7.11 Å². The summed E-state index contributed by atoms with van der Waals surface area (Å²) in [4.78, 5) is 17.1. The van der Waals surface area contributed by atoms with Crippen molar-refractivity contribution in [3.05, 3.63) is 70.6 Å². The van der Waals surface area contributed by atoms with E-state index in [1.165, 1.54) is 25.0 Å². The Labute approximate surface area is 265 Å². The quantitative estimate of drug-likeness (QED) is 0.0484. The lowest BCUT2D eigenvalue weighted by atomic mass is 9.91. The average molecular weight is 612 g/mol. The molecular weight excluding hydrogens is 556 g/mol. The summed E-state index contributed by atoms with van der Waals surface area (Å²) in [5.41, 5.74) is 5.33. The number of benzene rings is 1. The zero-order chi connectivity index (χ0) is 32.6. The molecule has 0 N–H and O–H groups in total. The lowest BCUT2D eigenvalue weighted by Gasteiger charge is -2.16. The molecule has 1 aliphatic carbocycles. The number of hydrogen-bond acceptors (Lipinski definition) is 4. The SMILES string of the molecule is C=C(CCCCC)C(=O)Cc1c(F)cc(OCCC2CC2C(CCC)CCC=C(C)C(=NC(=C=CC)C(C)C)OC)cc1F. The highest BCUT2D eigenvalue weighted by atomic mass is 19.1. The first-order valence-corrected chi connectivity index (χ1v) is 16.6. The summed E-state index contributed by atoms with van der Waals surface area (Å²) in [6.07, 6.45) is 13.7. The Hall–Kier alpha value is -2.98. The van der Waals surface area contributed by atoms with Gasteiger partial charge in [-0.15, -0.1) is 5.73 Å². The third-order valence-corrected chi connectivity index (χ3v) is 8.51. The zero-order valence-corrected chi connectivity index (χ0v) is 28.2. The summed E-state index contributed by atoms with van der Waals surface area (Å²) < 4.78 is 40.8. The summed E-state index contributed by atoms with van der Waals surface area (Å²) in [5, 5.41) is 0. The van der Waals surface area contributed by atoms with Crippen LogP contribution >= 0.6 is 0 Å². The molecule has 0 saturated heterocycles. The fourth-order valence-corrected chi connectivity index (χ4v) is 5.78. The maximum Gasteiger partial charge on any atom is 0.216 e.